The number of aliphatic hydroxyl groups is 1. The van der Waals surface area contributed by atoms with Crippen LogP contribution >= 0.6 is 0 Å². The van der Waals surface area contributed by atoms with E-state index in [1.165, 1.54) is 6.92 Å². The van der Waals surface area contributed by atoms with Crippen LogP contribution in [0, 0.1) is 11.8 Å². The van der Waals surface area contributed by atoms with Gasteiger partial charge in [0.25, 0.3) is 0 Å². The zero-order valence-electron chi connectivity index (χ0n) is 22.7. The number of carboxylic acids is 1. The molecule has 5 atom stereocenters. The number of aliphatic carboxylic acids is 1. The van der Waals surface area contributed by atoms with Gasteiger partial charge in [-0.2, -0.15) is 0 Å². The Labute approximate surface area is 222 Å². The van der Waals surface area contributed by atoms with Gasteiger partial charge in [0, 0.05) is 23.5 Å². The molecule has 38 heavy (non-hydrogen) atoms. The molecule has 2 rings (SSSR count). The predicted molar refractivity (Wildman–Crippen MR) is 144 cm³/mol. The van der Waals surface area contributed by atoms with Gasteiger partial charge in [-0.25, -0.2) is 4.79 Å². The molecule has 0 aliphatic rings. The number of nitrogens with one attached hydrogen (secondary N) is 4. The summed E-state index contributed by atoms with van der Waals surface area (Å²) >= 11 is 0. The number of amides is 3. The SMILES string of the molecule is CC(C)CC(N)C(=O)NC(CC(C)C)C(=O)NC(C(=O)NC(Cc1c[nH]c2ccccc12)C(=O)O)C(C)O. The first-order valence-electron chi connectivity index (χ1n) is 12.9. The predicted octanol–water partition coefficient (Wildman–Crippen LogP) is 1.05. The molecule has 11 heteroatoms. The molecule has 0 aliphatic carbocycles. The van der Waals surface area contributed by atoms with Gasteiger partial charge in [0.15, 0.2) is 0 Å². The van der Waals surface area contributed by atoms with Gasteiger partial charge in [-0.1, -0.05) is 45.9 Å². The minimum Gasteiger partial charge on any atom is -0.480 e. The molecule has 0 aliphatic heterocycles. The minimum atomic E-state index is -1.44. The molecular formula is C27H41N5O6. The zero-order chi connectivity index (χ0) is 28.6. The van der Waals surface area contributed by atoms with E-state index in [-0.39, 0.29) is 24.7 Å². The third kappa shape index (κ3) is 8.84. The Bertz CT molecular complexity index is 1110. The van der Waals surface area contributed by atoms with E-state index in [9.17, 15) is 29.4 Å². The molecule has 0 spiro atoms. The zero-order valence-corrected chi connectivity index (χ0v) is 22.7. The monoisotopic (exact) mass is 531 g/mol. The van der Waals surface area contributed by atoms with E-state index in [2.05, 4.69) is 20.9 Å². The number of aliphatic hydroxyl groups excluding tert-OH is 1. The Balaban J connectivity index is 2.15. The number of benzene rings is 1. The molecule has 0 radical (unpaired) electrons. The summed E-state index contributed by atoms with van der Waals surface area (Å²) in [7, 11) is 0. The second-order valence-corrected chi connectivity index (χ2v) is 10.6. The van der Waals surface area contributed by atoms with Crippen molar-refractivity contribution in [2.75, 3.05) is 0 Å². The van der Waals surface area contributed by atoms with Gasteiger partial charge in [-0.15, -0.1) is 0 Å². The summed E-state index contributed by atoms with van der Waals surface area (Å²) in [6.07, 6.45) is 1.06. The summed E-state index contributed by atoms with van der Waals surface area (Å²) in [6.45, 7) is 8.93. The fourth-order valence-electron chi connectivity index (χ4n) is 4.24. The molecule has 0 saturated carbocycles. The van der Waals surface area contributed by atoms with Crippen LogP contribution in [0.25, 0.3) is 10.9 Å². The third-order valence-electron chi connectivity index (χ3n) is 6.18. The summed E-state index contributed by atoms with van der Waals surface area (Å²) < 4.78 is 0. The van der Waals surface area contributed by atoms with Gasteiger partial charge in [0.1, 0.15) is 18.1 Å². The minimum absolute atomic E-state index is 0.00860. The molecule has 1 aromatic heterocycles. The molecule has 210 valence electrons. The number of para-hydroxylation sites is 1. The van der Waals surface area contributed by atoms with Crippen molar-refractivity contribution in [3.8, 4) is 0 Å². The number of H-pyrrole nitrogens is 1. The van der Waals surface area contributed by atoms with E-state index in [4.69, 9.17) is 5.73 Å². The van der Waals surface area contributed by atoms with Crippen molar-refractivity contribution < 1.29 is 29.4 Å². The van der Waals surface area contributed by atoms with Crippen LogP contribution in [-0.4, -0.2) is 69.2 Å². The Morgan fingerprint density at radius 3 is 2.05 bits per heavy atom. The van der Waals surface area contributed by atoms with E-state index in [0.29, 0.717) is 12.0 Å². The summed E-state index contributed by atoms with van der Waals surface area (Å²) in [5, 5.41) is 28.4. The van der Waals surface area contributed by atoms with E-state index < -0.39 is 54.0 Å². The van der Waals surface area contributed by atoms with Crippen molar-refractivity contribution in [1.29, 1.82) is 0 Å². The van der Waals surface area contributed by atoms with Crippen LogP contribution in [0.3, 0.4) is 0 Å². The molecule has 5 unspecified atom stereocenters. The van der Waals surface area contributed by atoms with Crippen molar-refractivity contribution in [2.24, 2.45) is 17.6 Å². The maximum atomic E-state index is 13.1. The van der Waals surface area contributed by atoms with Gasteiger partial charge in [0.05, 0.1) is 12.1 Å². The third-order valence-corrected chi connectivity index (χ3v) is 6.18. The first-order chi connectivity index (χ1) is 17.8. The smallest absolute Gasteiger partial charge is 0.326 e. The first kappa shape index (κ1) is 30.8. The molecule has 8 N–H and O–H groups in total. The number of carbonyl (C=O) groups excluding carboxylic acids is 3. The molecule has 0 saturated heterocycles. The van der Waals surface area contributed by atoms with Crippen LogP contribution in [0.4, 0.5) is 0 Å². The van der Waals surface area contributed by atoms with Gasteiger partial charge in [-0.05, 0) is 43.2 Å². The number of rotatable bonds is 14. The van der Waals surface area contributed by atoms with Crippen molar-refractivity contribution in [3.05, 3.63) is 36.0 Å². The Kier molecular flexibility index (Phi) is 11.3. The molecule has 11 nitrogen and oxygen atoms in total. The van der Waals surface area contributed by atoms with Crippen LogP contribution in [0.2, 0.25) is 0 Å². The summed E-state index contributed by atoms with van der Waals surface area (Å²) in [5.41, 5.74) is 7.49. The Hall–Kier alpha value is -3.44. The van der Waals surface area contributed by atoms with Crippen LogP contribution in [0.1, 0.15) is 53.0 Å². The lowest BCUT2D eigenvalue weighted by atomic mass is 10.00. The van der Waals surface area contributed by atoms with E-state index in [0.717, 1.165) is 10.9 Å². The number of hydrogen-bond donors (Lipinski definition) is 7. The van der Waals surface area contributed by atoms with Crippen LogP contribution in [0.5, 0.6) is 0 Å². The highest BCUT2D eigenvalue weighted by atomic mass is 16.4. The number of carboxylic acid groups (broad SMARTS) is 1. The maximum absolute atomic E-state index is 13.1. The summed E-state index contributed by atoms with van der Waals surface area (Å²) in [6, 6.07) is 2.84. The van der Waals surface area contributed by atoms with Crippen LogP contribution in [0.15, 0.2) is 30.5 Å². The lowest BCUT2D eigenvalue weighted by Gasteiger charge is -2.27. The highest BCUT2D eigenvalue weighted by molar-refractivity contribution is 5.94. The normalized spacial score (nSPS) is 15.5. The van der Waals surface area contributed by atoms with Gasteiger partial charge in [0.2, 0.25) is 17.7 Å². The number of hydrogen-bond acceptors (Lipinski definition) is 6. The fourth-order valence-corrected chi connectivity index (χ4v) is 4.24. The molecule has 1 aromatic carbocycles. The molecule has 0 fully saturated rings. The molecule has 2 aromatic rings. The second-order valence-electron chi connectivity index (χ2n) is 10.6. The maximum Gasteiger partial charge on any atom is 0.326 e. The second kappa shape index (κ2) is 13.9. The topological polar surface area (TPSA) is 187 Å². The van der Waals surface area contributed by atoms with E-state index in [1.807, 2.05) is 52.0 Å². The Morgan fingerprint density at radius 2 is 1.47 bits per heavy atom. The van der Waals surface area contributed by atoms with E-state index in [1.54, 1.807) is 6.20 Å². The van der Waals surface area contributed by atoms with Gasteiger partial charge < -0.3 is 36.9 Å². The molecule has 0 bridgehead atoms. The standard InChI is InChI=1S/C27H41N5O6/c1-14(2)10-19(28)24(34)30-21(11-15(3)4)25(35)32-23(16(5)33)26(36)31-22(27(37)38)12-17-13-29-20-9-7-6-8-18(17)20/h6-9,13-16,19,21-23,29,33H,10-12,28H2,1-5H3,(H,30,34)(H,31,36)(H,32,35)(H,37,38). The van der Waals surface area contributed by atoms with E-state index >= 15 is 0 Å². The van der Waals surface area contributed by atoms with Gasteiger partial charge in [-0.3, -0.25) is 14.4 Å². The quantitative estimate of drug-likeness (QED) is 0.190. The number of fused-ring (bicyclic) bond motifs is 1. The highest BCUT2D eigenvalue weighted by Crippen LogP contribution is 2.19. The molecule has 1 heterocycles. The largest absolute Gasteiger partial charge is 0.480 e. The fraction of sp³-hybridized carbons (Fsp3) is 0.556. The summed E-state index contributed by atoms with van der Waals surface area (Å²) in [4.78, 5) is 53.8. The lowest BCUT2D eigenvalue weighted by Crippen LogP contribution is -2.60. The van der Waals surface area contributed by atoms with Gasteiger partial charge >= 0.3 is 5.97 Å². The Morgan fingerprint density at radius 1 is 0.868 bits per heavy atom. The average Bonchev–Trinajstić information content (AvgIpc) is 3.23. The highest BCUT2D eigenvalue weighted by Gasteiger charge is 2.33. The van der Waals surface area contributed by atoms with Crippen LogP contribution in [-0.2, 0) is 25.6 Å². The number of nitrogens with two attached hydrogens (primary N) is 1. The number of aromatic amines is 1. The van der Waals surface area contributed by atoms with Crippen molar-refractivity contribution >= 4 is 34.6 Å². The van der Waals surface area contributed by atoms with Crippen molar-refractivity contribution in [2.45, 2.75) is 84.2 Å². The lowest BCUT2D eigenvalue weighted by molar-refractivity contribution is -0.143. The average molecular weight is 532 g/mol. The number of aromatic nitrogens is 1. The van der Waals surface area contributed by atoms with Crippen molar-refractivity contribution in [3.63, 3.8) is 0 Å². The first-order valence-corrected chi connectivity index (χ1v) is 12.9. The molecular weight excluding hydrogens is 490 g/mol. The molecule has 3 amide bonds. The number of carbonyl (C=O) groups is 4. The summed E-state index contributed by atoms with van der Waals surface area (Å²) in [5.74, 6) is -3.06. The van der Waals surface area contributed by atoms with Crippen LogP contribution < -0.4 is 21.7 Å². The van der Waals surface area contributed by atoms with Crippen molar-refractivity contribution in [1.82, 2.24) is 20.9 Å².